The molecule has 1 atom stereocenters. The van der Waals surface area contributed by atoms with Gasteiger partial charge < -0.3 is 19.5 Å². The lowest BCUT2D eigenvalue weighted by molar-refractivity contribution is -0.143. The van der Waals surface area contributed by atoms with Crippen molar-refractivity contribution < 1.29 is 19.0 Å². The normalized spacial score (nSPS) is 11.7. The van der Waals surface area contributed by atoms with Gasteiger partial charge in [0, 0.05) is 23.9 Å². The van der Waals surface area contributed by atoms with E-state index in [0.717, 1.165) is 42.4 Å². The van der Waals surface area contributed by atoms with Crippen LogP contribution in [0.3, 0.4) is 0 Å². The molecule has 7 nitrogen and oxygen atoms in total. The van der Waals surface area contributed by atoms with Gasteiger partial charge in [-0.05, 0) is 38.3 Å². The van der Waals surface area contributed by atoms with Crippen molar-refractivity contribution in [2.75, 3.05) is 25.6 Å². The number of esters is 1. The number of ether oxygens (including phenoxy) is 3. The summed E-state index contributed by atoms with van der Waals surface area (Å²) >= 11 is 0. The van der Waals surface area contributed by atoms with Gasteiger partial charge in [0.2, 0.25) is 0 Å². The molecule has 176 valence electrons. The molecule has 0 spiro atoms. The van der Waals surface area contributed by atoms with E-state index in [1.165, 1.54) is 5.56 Å². The van der Waals surface area contributed by atoms with Gasteiger partial charge in [-0.2, -0.15) is 0 Å². The van der Waals surface area contributed by atoms with E-state index < -0.39 is 0 Å². The minimum absolute atomic E-state index is 0.0883. The zero-order chi connectivity index (χ0) is 23.5. The third kappa shape index (κ3) is 7.07. The third-order valence-corrected chi connectivity index (χ3v) is 5.41. The summed E-state index contributed by atoms with van der Waals surface area (Å²) < 4.78 is 16.5. The lowest BCUT2D eigenvalue weighted by Gasteiger charge is -2.17. The van der Waals surface area contributed by atoms with Crippen LogP contribution in [0.4, 0.5) is 5.82 Å². The molecule has 7 heteroatoms. The number of unbranched alkanes of at least 4 members (excludes halogenated alkanes) is 3. The Morgan fingerprint density at radius 2 is 1.82 bits per heavy atom. The number of rotatable bonds is 13. The van der Waals surface area contributed by atoms with E-state index in [1.807, 2.05) is 37.3 Å². The van der Waals surface area contributed by atoms with Crippen molar-refractivity contribution in [2.24, 2.45) is 0 Å². The second-order valence-corrected chi connectivity index (χ2v) is 7.84. The summed E-state index contributed by atoms with van der Waals surface area (Å²) in [5.41, 5.74) is 1.97. The second-order valence-electron chi connectivity index (χ2n) is 7.84. The Bertz CT molecular complexity index is 1030. The molecule has 0 aliphatic rings. The van der Waals surface area contributed by atoms with Crippen molar-refractivity contribution in [3.05, 3.63) is 54.4 Å². The molecule has 3 aromatic rings. The summed E-state index contributed by atoms with van der Waals surface area (Å²) in [5, 5.41) is 4.37. The van der Waals surface area contributed by atoms with Crippen LogP contribution in [-0.2, 0) is 9.53 Å². The van der Waals surface area contributed by atoms with Crippen LogP contribution >= 0.6 is 0 Å². The average molecular weight is 452 g/mol. The summed E-state index contributed by atoms with van der Waals surface area (Å²) in [6.45, 7) is 4.93. The maximum absolute atomic E-state index is 11.4. The lowest BCUT2D eigenvalue weighted by atomic mass is 10.1. The van der Waals surface area contributed by atoms with E-state index in [2.05, 4.69) is 34.3 Å². The maximum atomic E-state index is 11.4. The molecule has 1 aromatic heterocycles. The quantitative estimate of drug-likeness (QED) is 0.263. The van der Waals surface area contributed by atoms with Crippen LogP contribution in [0.25, 0.3) is 10.9 Å². The highest BCUT2D eigenvalue weighted by molar-refractivity contribution is 5.91. The number of hydrogen-bond acceptors (Lipinski definition) is 7. The number of methoxy groups -OCH3 is 1. The molecule has 0 bridgehead atoms. The zero-order valence-electron chi connectivity index (χ0n) is 19.7. The average Bonchev–Trinajstić information content (AvgIpc) is 2.84. The van der Waals surface area contributed by atoms with Crippen LogP contribution < -0.4 is 14.8 Å². The zero-order valence-corrected chi connectivity index (χ0v) is 19.7. The minimum atomic E-state index is -0.122. The fourth-order valence-corrected chi connectivity index (χ4v) is 3.62. The molecular weight excluding hydrogens is 418 g/mol. The number of carbonyl (C=O) groups excluding carboxylic acids is 1. The van der Waals surface area contributed by atoms with Gasteiger partial charge in [0.1, 0.15) is 12.1 Å². The van der Waals surface area contributed by atoms with E-state index in [4.69, 9.17) is 14.2 Å². The SMILES string of the molecule is CCOC(=O)CCCCCCOc1cc2c(N[C@@H](C)c3ccccc3)ncnc2cc1OC. The molecule has 33 heavy (non-hydrogen) atoms. The number of anilines is 1. The largest absolute Gasteiger partial charge is 0.493 e. The molecule has 2 aromatic carbocycles. The van der Waals surface area contributed by atoms with Gasteiger partial charge in [0.25, 0.3) is 0 Å². The molecule has 0 unspecified atom stereocenters. The fraction of sp³-hybridized carbons (Fsp3) is 0.423. The first-order valence-electron chi connectivity index (χ1n) is 11.5. The second kappa shape index (κ2) is 12.6. The smallest absolute Gasteiger partial charge is 0.305 e. The van der Waals surface area contributed by atoms with Crippen LogP contribution in [0.1, 0.15) is 57.6 Å². The maximum Gasteiger partial charge on any atom is 0.305 e. The Hall–Kier alpha value is -3.35. The van der Waals surface area contributed by atoms with Crippen LogP contribution in [0.5, 0.6) is 11.5 Å². The molecule has 3 rings (SSSR count). The molecule has 0 aliphatic carbocycles. The van der Waals surface area contributed by atoms with E-state index in [9.17, 15) is 4.79 Å². The third-order valence-electron chi connectivity index (χ3n) is 5.41. The molecule has 0 fully saturated rings. The number of nitrogens with zero attached hydrogens (tertiary/aromatic N) is 2. The molecule has 0 amide bonds. The summed E-state index contributed by atoms with van der Waals surface area (Å²) in [6.07, 6.45) is 5.72. The van der Waals surface area contributed by atoms with E-state index in [1.54, 1.807) is 13.4 Å². The summed E-state index contributed by atoms with van der Waals surface area (Å²) in [4.78, 5) is 20.3. The fourth-order valence-electron chi connectivity index (χ4n) is 3.62. The first-order valence-corrected chi connectivity index (χ1v) is 11.5. The van der Waals surface area contributed by atoms with Gasteiger partial charge in [-0.1, -0.05) is 43.2 Å². The molecule has 0 aliphatic heterocycles. The van der Waals surface area contributed by atoms with Crippen molar-refractivity contribution in [1.82, 2.24) is 9.97 Å². The summed E-state index contributed by atoms with van der Waals surface area (Å²) in [6, 6.07) is 14.1. The predicted molar refractivity (Wildman–Crippen MR) is 130 cm³/mol. The van der Waals surface area contributed by atoms with Gasteiger partial charge in [-0.25, -0.2) is 9.97 Å². The van der Waals surface area contributed by atoms with E-state index >= 15 is 0 Å². The number of carbonyl (C=O) groups is 1. The first-order chi connectivity index (χ1) is 16.1. The Kier molecular flexibility index (Phi) is 9.30. The number of aromatic nitrogens is 2. The number of hydrogen-bond donors (Lipinski definition) is 1. The molecule has 1 N–H and O–H groups in total. The number of benzene rings is 2. The minimum Gasteiger partial charge on any atom is -0.493 e. The molecule has 0 saturated carbocycles. The van der Waals surface area contributed by atoms with Gasteiger partial charge in [0.15, 0.2) is 11.5 Å². The van der Waals surface area contributed by atoms with Gasteiger partial charge in [-0.15, -0.1) is 0 Å². The molecular formula is C26H33N3O4. The van der Waals surface area contributed by atoms with Crippen LogP contribution in [0, 0.1) is 0 Å². The van der Waals surface area contributed by atoms with E-state index in [0.29, 0.717) is 31.1 Å². The predicted octanol–water partition coefficient (Wildman–Crippen LogP) is 5.70. The Morgan fingerprint density at radius 1 is 1.03 bits per heavy atom. The van der Waals surface area contributed by atoms with Crippen molar-refractivity contribution in [3.63, 3.8) is 0 Å². The van der Waals surface area contributed by atoms with Crippen LogP contribution in [0.15, 0.2) is 48.8 Å². The van der Waals surface area contributed by atoms with Crippen molar-refractivity contribution in [2.45, 2.75) is 52.0 Å². The highest BCUT2D eigenvalue weighted by Gasteiger charge is 2.14. The standard InChI is InChI=1S/C26H33N3O4/c1-4-32-25(30)14-10-5-6-11-15-33-24-16-21-22(17-23(24)31-3)27-18-28-26(21)29-19(2)20-12-8-7-9-13-20/h7-9,12-13,16-19H,4-6,10-11,14-15H2,1-3H3,(H,27,28,29)/t19-/m0/s1. The van der Waals surface area contributed by atoms with Gasteiger partial charge >= 0.3 is 5.97 Å². The van der Waals surface area contributed by atoms with Crippen molar-refractivity contribution in [3.8, 4) is 11.5 Å². The highest BCUT2D eigenvalue weighted by atomic mass is 16.5. The number of fused-ring (bicyclic) bond motifs is 1. The van der Waals surface area contributed by atoms with Gasteiger partial charge in [-0.3, -0.25) is 4.79 Å². The van der Waals surface area contributed by atoms with Crippen LogP contribution in [0.2, 0.25) is 0 Å². The highest BCUT2D eigenvalue weighted by Crippen LogP contribution is 2.35. The lowest BCUT2D eigenvalue weighted by Crippen LogP contribution is -2.08. The van der Waals surface area contributed by atoms with Gasteiger partial charge in [0.05, 0.1) is 25.8 Å². The Labute approximate surface area is 195 Å². The molecule has 0 saturated heterocycles. The molecule has 1 heterocycles. The Morgan fingerprint density at radius 3 is 2.58 bits per heavy atom. The van der Waals surface area contributed by atoms with E-state index in [-0.39, 0.29) is 12.0 Å². The molecule has 0 radical (unpaired) electrons. The van der Waals surface area contributed by atoms with Crippen LogP contribution in [-0.4, -0.2) is 36.3 Å². The first kappa shape index (κ1) is 24.3. The summed E-state index contributed by atoms with van der Waals surface area (Å²) in [5.74, 6) is 1.94. The van der Waals surface area contributed by atoms with Crippen molar-refractivity contribution in [1.29, 1.82) is 0 Å². The topological polar surface area (TPSA) is 82.6 Å². The Balaban J connectivity index is 1.62. The monoisotopic (exact) mass is 451 g/mol. The number of nitrogens with one attached hydrogen (secondary N) is 1. The summed E-state index contributed by atoms with van der Waals surface area (Å²) in [7, 11) is 1.63. The van der Waals surface area contributed by atoms with Crippen molar-refractivity contribution >= 4 is 22.7 Å².